The highest BCUT2D eigenvalue weighted by Crippen LogP contribution is 2.77. The summed E-state index contributed by atoms with van der Waals surface area (Å²) in [7, 11) is 0. The van der Waals surface area contributed by atoms with Crippen molar-refractivity contribution in [1.29, 1.82) is 0 Å². The molecule has 4 aliphatic carbocycles. The molecule has 0 amide bonds. The van der Waals surface area contributed by atoms with E-state index >= 15 is 0 Å². The van der Waals surface area contributed by atoms with E-state index < -0.39 is 47.3 Å². The molecule has 1 N–H and O–H groups in total. The van der Waals surface area contributed by atoms with Crippen molar-refractivity contribution >= 4 is 5.97 Å². The highest BCUT2D eigenvalue weighted by atomic mass is 19.4. The van der Waals surface area contributed by atoms with Crippen LogP contribution in [0.25, 0.3) is 0 Å². The largest absolute Gasteiger partial charge is 0.455 e. The normalized spacial score (nSPS) is 41.0. The average molecular weight is 426 g/mol. The van der Waals surface area contributed by atoms with Crippen molar-refractivity contribution in [2.45, 2.75) is 75.4 Å². The van der Waals surface area contributed by atoms with Crippen molar-refractivity contribution in [3.05, 3.63) is 12.2 Å². The minimum absolute atomic E-state index is 0.0152. The Morgan fingerprint density at radius 3 is 2.14 bits per heavy atom. The molecule has 0 aromatic heterocycles. The van der Waals surface area contributed by atoms with Gasteiger partial charge in [0.2, 0.25) is 0 Å². The fourth-order valence-electron chi connectivity index (χ4n) is 7.30. The van der Waals surface area contributed by atoms with Crippen LogP contribution in [0.3, 0.4) is 0 Å². The standard InChI is InChI=1S/C20H24F6O3/c1-10(2)15(27)29-17-6-5-16(8-17,13-11-3-4-12(7-11)14(13)17)9-18(28,19(21,22)23)20(24,25)26/h11-14,28H,1,3-9H2,2H3. The van der Waals surface area contributed by atoms with Crippen LogP contribution in [0.4, 0.5) is 26.3 Å². The summed E-state index contributed by atoms with van der Waals surface area (Å²) in [5.41, 5.74) is -7.03. The van der Waals surface area contributed by atoms with Gasteiger partial charge >= 0.3 is 18.3 Å². The molecule has 0 radical (unpaired) electrons. The molecular weight excluding hydrogens is 402 g/mol. The molecule has 6 unspecified atom stereocenters. The number of carbonyl (C=O) groups is 1. The molecule has 6 atom stereocenters. The Hall–Kier alpha value is -1.25. The van der Waals surface area contributed by atoms with E-state index in [-0.39, 0.29) is 42.6 Å². The number of alkyl halides is 6. The predicted octanol–water partition coefficient (Wildman–Crippen LogP) is 4.94. The van der Waals surface area contributed by atoms with Crippen LogP contribution in [-0.4, -0.2) is 34.6 Å². The zero-order valence-electron chi connectivity index (χ0n) is 16.0. The molecule has 0 aliphatic heterocycles. The number of rotatable bonds is 4. The van der Waals surface area contributed by atoms with Gasteiger partial charge in [-0.15, -0.1) is 0 Å². The van der Waals surface area contributed by atoms with Crippen LogP contribution < -0.4 is 0 Å². The molecule has 0 saturated heterocycles. The van der Waals surface area contributed by atoms with E-state index in [0.717, 1.165) is 19.3 Å². The number of fused-ring (bicyclic) bond motifs is 9. The molecule has 164 valence electrons. The van der Waals surface area contributed by atoms with Gasteiger partial charge in [-0.1, -0.05) is 6.58 Å². The summed E-state index contributed by atoms with van der Waals surface area (Å²) < 4.78 is 86.4. The molecule has 4 rings (SSSR count). The smallest absolute Gasteiger partial charge is 0.426 e. The average Bonchev–Trinajstić information content (AvgIpc) is 3.29. The minimum Gasteiger partial charge on any atom is -0.455 e. The Morgan fingerprint density at radius 2 is 1.62 bits per heavy atom. The monoisotopic (exact) mass is 426 g/mol. The first-order valence-electron chi connectivity index (χ1n) is 9.91. The SMILES string of the molecule is C=C(C)C(=O)OC12CCC(CC(O)(C(F)(F)F)C(F)(F)F)(C1)C1C3CCC(C3)C12. The van der Waals surface area contributed by atoms with Crippen molar-refractivity contribution in [3.63, 3.8) is 0 Å². The van der Waals surface area contributed by atoms with Gasteiger partial charge in [0.1, 0.15) is 5.60 Å². The van der Waals surface area contributed by atoms with E-state index in [1.54, 1.807) is 0 Å². The van der Waals surface area contributed by atoms with Crippen LogP contribution in [0, 0.1) is 29.1 Å². The molecule has 4 saturated carbocycles. The van der Waals surface area contributed by atoms with Crippen LogP contribution >= 0.6 is 0 Å². The fraction of sp³-hybridized carbons (Fsp3) is 0.850. The first-order valence-corrected chi connectivity index (χ1v) is 9.91. The summed E-state index contributed by atoms with van der Waals surface area (Å²) in [6.45, 7) is 5.00. The van der Waals surface area contributed by atoms with E-state index in [1.807, 2.05) is 0 Å². The molecule has 29 heavy (non-hydrogen) atoms. The quantitative estimate of drug-likeness (QED) is 0.300. The second-order valence-corrected chi connectivity index (χ2v) is 9.69. The number of aliphatic hydroxyl groups is 1. The molecule has 0 heterocycles. The maximum atomic E-state index is 13.4. The number of hydrogen-bond donors (Lipinski definition) is 1. The summed E-state index contributed by atoms with van der Waals surface area (Å²) in [5.74, 6) is -1.16. The number of ether oxygens (including phenoxy) is 1. The zero-order valence-corrected chi connectivity index (χ0v) is 16.0. The van der Waals surface area contributed by atoms with Crippen molar-refractivity contribution in [2.75, 3.05) is 0 Å². The third-order valence-corrected chi connectivity index (χ3v) is 8.12. The summed E-state index contributed by atoms with van der Waals surface area (Å²) in [6, 6.07) is 0. The third kappa shape index (κ3) is 2.71. The van der Waals surface area contributed by atoms with Crippen molar-refractivity contribution in [3.8, 4) is 0 Å². The van der Waals surface area contributed by atoms with Gasteiger partial charge in [-0.25, -0.2) is 4.79 Å². The van der Waals surface area contributed by atoms with Crippen molar-refractivity contribution < 1.29 is 41.0 Å². The number of halogens is 6. The Morgan fingerprint density at radius 1 is 1.07 bits per heavy atom. The lowest BCUT2D eigenvalue weighted by Gasteiger charge is -2.47. The maximum absolute atomic E-state index is 13.4. The molecule has 3 nitrogen and oxygen atoms in total. The zero-order chi connectivity index (χ0) is 21.6. The summed E-state index contributed by atoms with van der Waals surface area (Å²) in [5, 5.41) is 9.93. The van der Waals surface area contributed by atoms with Gasteiger partial charge < -0.3 is 9.84 Å². The second kappa shape index (κ2) is 5.92. The summed E-state index contributed by atoms with van der Waals surface area (Å²) >= 11 is 0. The van der Waals surface area contributed by atoms with E-state index in [2.05, 4.69) is 6.58 Å². The molecule has 4 bridgehead atoms. The molecule has 0 spiro atoms. The van der Waals surface area contributed by atoms with E-state index in [9.17, 15) is 36.2 Å². The number of esters is 1. The molecule has 4 fully saturated rings. The topological polar surface area (TPSA) is 46.5 Å². The second-order valence-electron chi connectivity index (χ2n) is 9.69. The summed E-state index contributed by atoms with van der Waals surface area (Å²) in [4.78, 5) is 12.3. The third-order valence-electron chi connectivity index (χ3n) is 8.12. The van der Waals surface area contributed by atoms with Crippen LogP contribution in [0.2, 0.25) is 0 Å². The minimum atomic E-state index is -5.84. The Bertz CT molecular complexity index is 729. The highest BCUT2D eigenvalue weighted by molar-refractivity contribution is 5.87. The highest BCUT2D eigenvalue weighted by Gasteiger charge is 2.79. The molecule has 0 aromatic rings. The lowest BCUT2D eigenvalue weighted by atomic mass is 9.60. The van der Waals surface area contributed by atoms with Crippen LogP contribution in [0.5, 0.6) is 0 Å². The molecular formula is C20H24F6O3. The van der Waals surface area contributed by atoms with Gasteiger partial charge in [-0.2, -0.15) is 26.3 Å². The van der Waals surface area contributed by atoms with E-state index in [4.69, 9.17) is 4.74 Å². The van der Waals surface area contributed by atoms with E-state index in [1.165, 1.54) is 6.92 Å². The van der Waals surface area contributed by atoms with Gasteiger partial charge in [0.25, 0.3) is 5.60 Å². The maximum Gasteiger partial charge on any atom is 0.426 e. The van der Waals surface area contributed by atoms with Gasteiger partial charge in [0.15, 0.2) is 0 Å². The Kier molecular flexibility index (Phi) is 4.28. The lowest BCUT2D eigenvalue weighted by Crippen LogP contribution is -2.60. The van der Waals surface area contributed by atoms with Gasteiger partial charge in [0.05, 0.1) is 0 Å². The Labute approximate surface area is 164 Å². The van der Waals surface area contributed by atoms with Crippen LogP contribution in [-0.2, 0) is 9.53 Å². The molecule has 9 heteroatoms. The predicted molar refractivity (Wildman–Crippen MR) is 89.4 cm³/mol. The van der Waals surface area contributed by atoms with Crippen molar-refractivity contribution in [2.24, 2.45) is 29.1 Å². The first-order chi connectivity index (χ1) is 13.2. The first kappa shape index (κ1) is 21.0. The fourth-order valence-corrected chi connectivity index (χ4v) is 7.30. The van der Waals surface area contributed by atoms with Gasteiger partial charge in [-0.05, 0) is 68.6 Å². The molecule has 0 aromatic carbocycles. The van der Waals surface area contributed by atoms with Gasteiger partial charge in [-0.3, -0.25) is 0 Å². The Balaban J connectivity index is 1.74. The lowest BCUT2D eigenvalue weighted by molar-refractivity contribution is -0.377. The van der Waals surface area contributed by atoms with E-state index in [0.29, 0.717) is 0 Å². The number of carbonyl (C=O) groups excluding carboxylic acids is 1. The van der Waals surface area contributed by atoms with Crippen LogP contribution in [0.15, 0.2) is 12.2 Å². The van der Waals surface area contributed by atoms with Crippen LogP contribution in [0.1, 0.15) is 51.9 Å². The van der Waals surface area contributed by atoms with Gasteiger partial charge in [0, 0.05) is 17.9 Å². The van der Waals surface area contributed by atoms with Crippen molar-refractivity contribution in [1.82, 2.24) is 0 Å². The number of hydrogen-bond acceptors (Lipinski definition) is 3. The summed E-state index contributed by atoms with van der Waals surface area (Å²) in [6.07, 6.45) is -10.5. The molecule has 4 aliphatic rings.